The highest BCUT2D eigenvalue weighted by Crippen LogP contribution is 2.40. The molecule has 1 heterocycles. The van der Waals surface area contributed by atoms with E-state index in [-0.39, 0.29) is 11.4 Å². The molecule has 2 N–H and O–H groups in total. The summed E-state index contributed by atoms with van der Waals surface area (Å²) in [6.45, 7) is 9.30. The number of urea groups is 1. The maximum atomic E-state index is 12.9. The van der Waals surface area contributed by atoms with E-state index in [9.17, 15) is 4.79 Å². The fraction of sp³-hybridized carbons (Fsp3) is 0.500. The van der Waals surface area contributed by atoms with Crippen molar-refractivity contribution in [3.63, 3.8) is 0 Å². The minimum atomic E-state index is -0.120. The van der Waals surface area contributed by atoms with Crippen LogP contribution in [0.1, 0.15) is 81.9 Å². The first-order valence-electron chi connectivity index (χ1n) is 10.5. The molecule has 2 aromatic rings. The predicted octanol–water partition coefficient (Wildman–Crippen LogP) is 5.96. The lowest BCUT2D eigenvalue weighted by atomic mass is 9.79. The van der Waals surface area contributed by atoms with Gasteiger partial charge < -0.3 is 10.6 Å². The molecule has 4 nitrogen and oxygen atoms in total. The van der Waals surface area contributed by atoms with Gasteiger partial charge in [0, 0.05) is 30.0 Å². The number of nitrogens with zero attached hydrogens (tertiary/aromatic N) is 1. The first-order chi connectivity index (χ1) is 13.4. The molecule has 0 unspecified atom stereocenters. The van der Waals surface area contributed by atoms with Crippen LogP contribution in [0.25, 0.3) is 0 Å². The van der Waals surface area contributed by atoms with Crippen molar-refractivity contribution in [3.8, 4) is 0 Å². The van der Waals surface area contributed by atoms with E-state index in [1.807, 2.05) is 18.5 Å². The van der Waals surface area contributed by atoms with Crippen LogP contribution in [-0.2, 0) is 5.41 Å². The van der Waals surface area contributed by atoms with Gasteiger partial charge >= 0.3 is 6.03 Å². The highest BCUT2D eigenvalue weighted by Gasteiger charge is 2.36. The van der Waals surface area contributed by atoms with Gasteiger partial charge in [0.15, 0.2) is 0 Å². The largest absolute Gasteiger partial charge is 0.337 e. The van der Waals surface area contributed by atoms with E-state index in [0.29, 0.717) is 18.4 Å². The van der Waals surface area contributed by atoms with Crippen molar-refractivity contribution < 1.29 is 4.79 Å². The monoisotopic (exact) mass is 379 g/mol. The molecule has 1 saturated carbocycles. The molecule has 0 radical (unpaired) electrons. The van der Waals surface area contributed by atoms with Crippen LogP contribution in [0.5, 0.6) is 0 Å². The highest BCUT2D eigenvalue weighted by atomic mass is 16.2. The van der Waals surface area contributed by atoms with Gasteiger partial charge in [0.05, 0.1) is 0 Å². The van der Waals surface area contributed by atoms with Crippen molar-refractivity contribution in [2.75, 3.05) is 11.9 Å². The summed E-state index contributed by atoms with van der Waals surface area (Å²) in [6, 6.07) is 10.3. The van der Waals surface area contributed by atoms with Crippen LogP contribution in [0, 0.1) is 0 Å². The average molecular weight is 380 g/mol. The third-order valence-corrected chi connectivity index (χ3v) is 6.03. The minimum Gasteiger partial charge on any atom is -0.337 e. The Kier molecular flexibility index (Phi) is 6.38. The number of anilines is 1. The third-order valence-electron chi connectivity index (χ3n) is 6.03. The first kappa shape index (κ1) is 20.4. The van der Waals surface area contributed by atoms with Crippen molar-refractivity contribution in [2.45, 2.75) is 70.6 Å². The Balaban J connectivity index is 1.76. The van der Waals surface area contributed by atoms with E-state index >= 15 is 0 Å². The van der Waals surface area contributed by atoms with Gasteiger partial charge in [-0.1, -0.05) is 64.8 Å². The second-order valence-corrected chi connectivity index (χ2v) is 8.66. The maximum absolute atomic E-state index is 12.9. The van der Waals surface area contributed by atoms with Crippen LogP contribution in [0.2, 0.25) is 0 Å². The number of pyridine rings is 1. The van der Waals surface area contributed by atoms with Crippen molar-refractivity contribution in [1.29, 1.82) is 0 Å². The van der Waals surface area contributed by atoms with E-state index in [1.165, 1.54) is 29.5 Å². The molecule has 0 aliphatic heterocycles. The maximum Gasteiger partial charge on any atom is 0.319 e. The van der Waals surface area contributed by atoms with Crippen LogP contribution in [0.15, 0.2) is 42.7 Å². The molecule has 1 fully saturated rings. The Bertz CT molecular complexity index is 767. The number of nitrogens with one attached hydrogen (secondary N) is 2. The number of hydrogen-bond acceptors (Lipinski definition) is 2. The van der Waals surface area contributed by atoms with E-state index in [4.69, 9.17) is 0 Å². The van der Waals surface area contributed by atoms with Gasteiger partial charge in [-0.2, -0.15) is 0 Å². The quantitative estimate of drug-likeness (QED) is 0.650. The summed E-state index contributed by atoms with van der Waals surface area (Å²) < 4.78 is 0. The van der Waals surface area contributed by atoms with Gasteiger partial charge in [0.2, 0.25) is 0 Å². The molecule has 0 saturated heterocycles. The summed E-state index contributed by atoms with van der Waals surface area (Å²) in [6.07, 6.45) is 8.35. The number of hydrogen-bond donors (Lipinski definition) is 2. The number of benzene rings is 1. The lowest BCUT2D eigenvalue weighted by molar-refractivity contribution is 0.248. The molecule has 1 aromatic carbocycles. The normalized spacial score (nSPS) is 15.8. The number of rotatable bonds is 6. The highest BCUT2D eigenvalue weighted by molar-refractivity contribution is 5.91. The lowest BCUT2D eigenvalue weighted by Crippen LogP contribution is -2.41. The average Bonchev–Trinajstić information content (AvgIpc) is 3.17. The Hall–Kier alpha value is -2.36. The number of carbonyl (C=O) groups is 1. The first-order valence-corrected chi connectivity index (χ1v) is 10.5. The zero-order valence-corrected chi connectivity index (χ0v) is 17.6. The molecular weight excluding hydrogens is 346 g/mol. The summed E-state index contributed by atoms with van der Waals surface area (Å²) in [5.41, 5.74) is 4.57. The summed E-state index contributed by atoms with van der Waals surface area (Å²) in [5, 5.41) is 6.34. The van der Waals surface area contributed by atoms with Crippen molar-refractivity contribution >= 4 is 11.7 Å². The van der Waals surface area contributed by atoms with E-state index in [0.717, 1.165) is 18.5 Å². The van der Waals surface area contributed by atoms with Crippen LogP contribution < -0.4 is 10.6 Å². The summed E-state index contributed by atoms with van der Waals surface area (Å²) in [4.78, 5) is 17.2. The molecule has 3 rings (SSSR count). The molecule has 28 heavy (non-hydrogen) atoms. The summed E-state index contributed by atoms with van der Waals surface area (Å²) in [5.74, 6) is 0.705. The fourth-order valence-electron chi connectivity index (χ4n) is 4.40. The van der Waals surface area contributed by atoms with Crippen LogP contribution in [0.3, 0.4) is 0 Å². The second kappa shape index (κ2) is 8.76. The van der Waals surface area contributed by atoms with Gasteiger partial charge in [-0.25, -0.2) is 4.79 Å². The molecule has 0 spiro atoms. The number of amides is 2. The van der Waals surface area contributed by atoms with Crippen LogP contribution in [0.4, 0.5) is 10.5 Å². The van der Waals surface area contributed by atoms with E-state index < -0.39 is 0 Å². The smallest absolute Gasteiger partial charge is 0.319 e. The van der Waals surface area contributed by atoms with Crippen LogP contribution >= 0.6 is 0 Å². The molecule has 1 aliphatic rings. The van der Waals surface area contributed by atoms with Crippen molar-refractivity contribution in [2.24, 2.45) is 0 Å². The second-order valence-electron chi connectivity index (χ2n) is 8.66. The van der Waals surface area contributed by atoms with Crippen LogP contribution in [-0.4, -0.2) is 17.6 Å². The van der Waals surface area contributed by atoms with E-state index in [1.54, 1.807) is 0 Å². The van der Waals surface area contributed by atoms with Gasteiger partial charge in [-0.05, 0) is 47.4 Å². The molecule has 0 bridgehead atoms. The molecule has 150 valence electrons. The Morgan fingerprint density at radius 3 is 2.21 bits per heavy atom. The van der Waals surface area contributed by atoms with E-state index in [2.05, 4.69) is 67.6 Å². The zero-order valence-electron chi connectivity index (χ0n) is 17.6. The summed E-state index contributed by atoms with van der Waals surface area (Å²) in [7, 11) is 0. The fourth-order valence-corrected chi connectivity index (χ4v) is 4.40. The summed E-state index contributed by atoms with van der Waals surface area (Å²) >= 11 is 0. The third kappa shape index (κ3) is 4.37. The standard InChI is InChI=1S/C24H33N3O/c1-17(2)20-10-7-11-21(18(3)4)22(20)27-23(28)26-16-24(12-5-6-13-24)19-9-8-14-25-15-19/h7-11,14-15,17-18H,5-6,12-13,16H2,1-4H3,(H2,26,27,28). The van der Waals surface area contributed by atoms with Gasteiger partial charge in [-0.15, -0.1) is 0 Å². The molecule has 4 heteroatoms. The van der Waals surface area contributed by atoms with Gasteiger partial charge in [-0.3, -0.25) is 4.98 Å². The zero-order chi connectivity index (χ0) is 20.1. The Labute approximate surface area is 169 Å². The molecule has 1 aromatic heterocycles. The SMILES string of the molecule is CC(C)c1cccc(C(C)C)c1NC(=O)NCC1(c2cccnc2)CCCC1. The molecule has 0 atom stereocenters. The van der Waals surface area contributed by atoms with Gasteiger partial charge in [0.1, 0.15) is 0 Å². The minimum absolute atomic E-state index is 0.00401. The van der Waals surface area contributed by atoms with Crippen molar-refractivity contribution in [1.82, 2.24) is 10.3 Å². The predicted molar refractivity (Wildman–Crippen MR) is 116 cm³/mol. The Morgan fingerprint density at radius 2 is 1.68 bits per heavy atom. The molecular formula is C24H33N3O. The van der Waals surface area contributed by atoms with Crippen molar-refractivity contribution in [3.05, 3.63) is 59.4 Å². The molecule has 2 amide bonds. The molecule has 1 aliphatic carbocycles. The van der Waals surface area contributed by atoms with Gasteiger partial charge in [0.25, 0.3) is 0 Å². The lowest BCUT2D eigenvalue weighted by Gasteiger charge is -2.30. The number of aromatic nitrogens is 1. The number of carbonyl (C=O) groups excluding carboxylic acids is 1. The topological polar surface area (TPSA) is 54.0 Å². The number of para-hydroxylation sites is 1. The Morgan fingerprint density at radius 1 is 1.04 bits per heavy atom.